The lowest BCUT2D eigenvalue weighted by atomic mass is 9.99. The van der Waals surface area contributed by atoms with Crippen molar-refractivity contribution in [2.75, 3.05) is 6.61 Å². The first-order valence-electron chi connectivity index (χ1n) is 17.4. The molecule has 1 rings (SSSR count). The standard InChI is InChI=1S/C33H52N9O14P/c1-15(2)26(32(51)38-20(28(36)47)10-11-24(34)45)42-30(49)22(13-25(35)46)40-33(52)27(16(3)4)41-29(48)21(39-31(50)23(14-43)37-17(5)44)12-18-6-8-19(9-7-18)56-57(53,54)55/h6-9,15-16,20-23,26-27,43H,10-14H2,1-5H3,(H2,34,45)(H2,35,46)(H2,36,47)(H,37,44)(H,38,51)(H,39,50)(H,40,52)(H,41,48)(H,42,49)(H2,53,54,55)/t20-,21-,22-,23-,26-,27-/m0/s1. The molecule has 57 heavy (non-hydrogen) atoms. The predicted octanol–water partition coefficient (Wildman–Crippen LogP) is -4.44. The highest BCUT2D eigenvalue weighted by Crippen LogP contribution is 2.37. The van der Waals surface area contributed by atoms with Gasteiger partial charge in [0.2, 0.25) is 53.2 Å². The average molecular weight is 830 g/mol. The number of benzene rings is 1. The number of hydrogen-bond donors (Lipinski definition) is 12. The first kappa shape index (κ1) is 49.4. The molecule has 1 aromatic carbocycles. The second kappa shape index (κ2) is 22.8. The Morgan fingerprint density at radius 2 is 1.11 bits per heavy atom. The van der Waals surface area contributed by atoms with Gasteiger partial charge in [-0.25, -0.2) is 4.57 Å². The Hall–Kier alpha value is -5.64. The van der Waals surface area contributed by atoms with Crippen molar-refractivity contribution in [3.05, 3.63) is 29.8 Å². The van der Waals surface area contributed by atoms with Gasteiger partial charge >= 0.3 is 7.82 Å². The number of aliphatic hydroxyl groups is 1. The van der Waals surface area contributed by atoms with Crippen molar-refractivity contribution in [2.24, 2.45) is 29.0 Å². The Morgan fingerprint density at radius 3 is 1.51 bits per heavy atom. The fourth-order valence-corrected chi connectivity index (χ4v) is 5.46. The number of nitrogens with two attached hydrogens (primary N) is 3. The van der Waals surface area contributed by atoms with Crippen LogP contribution in [0.4, 0.5) is 0 Å². The fourth-order valence-electron chi connectivity index (χ4n) is 5.06. The maximum Gasteiger partial charge on any atom is 0.524 e. The van der Waals surface area contributed by atoms with E-state index in [4.69, 9.17) is 27.0 Å². The SMILES string of the molecule is CC(=O)N[C@@H](CO)C(=O)N[C@@H](Cc1ccc(OP(=O)(O)O)cc1)C(=O)N[C@H](C(=O)N[C@@H](CC(N)=O)C(=O)N[C@H](C(=O)N[C@@H](CCC(N)=O)C(N)=O)C(C)C)C(C)C. The van der Waals surface area contributed by atoms with Crippen molar-refractivity contribution in [2.45, 2.75) is 96.6 Å². The summed E-state index contributed by atoms with van der Waals surface area (Å²) in [7, 11) is -4.89. The maximum atomic E-state index is 13.8. The van der Waals surface area contributed by atoms with Gasteiger partial charge in [0.05, 0.1) is 13.0 Å². The molecule has 0 aliphatic carbocycles. The normalized spacial score (nSPS) is 14.4. The summed E-state index contributed by atoms with van der Waals surface area (Å²) in [4.78, 5) is 132. The number of carbonyl (C=O) groups excluding carboxylic acids is 9. The Kier molecular flexibility index (Phi) is 19.8. The Labute approximate surface area is 327 Å². The van der Waals surface area contributed by atoms with E-state index in [2.05, 4.69) is 36.4 Å². The van der Waals surface area contributed by atoms with E-state index in [9.17, 15) is 52.8 Å². The topological polar surface area (TPSA) is 391 Å². The van der Waals surface area contributed by atoms with Gasteiger partial charge in [0.25, 0.3) is 0 Å². The Morgan fingerprint density at radius 1 is 0.649 bits per heavy atom. The molecule has 24 heteroatoms. The molecule has 0 saturated carbocycles. The minimum Gasteiger partial charge on any atom is -0.404 e. The fraction of sp³-hybridized carbons (Fsp3) is 0.545. The van der Waals surface area contributed by atoms with E-state index in [0.717, 1.165) is 6.92 Å². The summed E-state index contributed by atoms with van der Waals surface area (Å²) >= 11 is 0. The van der Waals surface area contributed by atoms with Crippen LogP contribution in [0.2, 0.25) is 0 Å². The van der Waals surface area contributed by atoms with E-state index < -0.39 is 122 Å². The lowest BCUT2D eigenvalue weighted by Crippen LogP contribution is -2.61. The van der Waals surface area contributed by atoms with E-state index in [1.54, 1.807) is 0 Å². The molecule has 0 radical (unpaired) electrons. The number of aliphatic hydroxyl groups excluding tert-OH is 1. The highest BCUT2D eigenvalue weighted by Gasteiger charge is 2.35. The molecule has 0 saturated heterocycles. The highest BCUT2D eigenvalue weighted by atomic mass is 31.2. The zero-order valence-electron chi connectivity index (χ0n) is 32.0. The van der Waals surface area contributed by atoms with Crippen LogP contribution in [0.15, 0.2) is 24.3 Å². The van der Waals surface area contributed by atoms with Gasteiger partial charge in [-0.1, -0.05) is 39.8 Å². The zero-order chi connectivity index (χ0) is 43.8. The molecule has 0 aliphatic heterocycles. The van der Waals surface area contributed by atoms with Crippen LogP contribution in [0.25, 0.3) is 0 Å². The molecule has 0 heterocycles. The third-order valence-electron chi connectivity index (χ3n) is 7.97. The number of primary amides is 3. The van der Waals surface area contributed by atoms with Gasteiger partial charge in [0.15, 0.2) is 0 Å². The zero-order valence-corrected chi connectivity index (χ0v) is 32.9. The molecule has 0 aliphatic rings. The van der Waals surface area contributed by atoms with E-state index in [0.29, 0.717) is 5.56 Å². The van der Waals surface area contributed by atoms with Crippen LogP contribution in [0.3, 0.4) is 0 Å². The molecule has 0 unspecified atom stereocenters. The van der Waals surface area contributed by atoms with E-state index >= 15 is 0 Å². The van der Waals surface area contributed by atoms with Crippen molar-refractivity contribution in [3.63, 3.8) is 0 Å². The molecule has 0 bridgehead atoms. The van der Waals surface area contributed by atoms with Crippen molar-refractivity contribution >= 4 is 61.0 Å². The summed E-state index contributed by atoms with van der Waals surface area (Å²) in [5, 5.41) is 23.9. The van der Waals surface area contributed by atoms with E-state index in [1.807, 2.05) is 0 Å². The van der Waals surface area contributed by atoms with Gasteiger partial charge in [-0.2, -0.15) is 0 Å². The first-order chi connectivity index (χ1) is 26.3. The molecule has 23 nitrogen and oxygen atoms in total. The Balaban J connectivity index is 3.37. The molecular weight excluding hydrogens is 777 g/mol. The van der Waals surface area contributed by atoms with Gasteiger partial charge in [-0.05, 0) is 36.0 Å². The Bertz CT molecular complexity index is 1690. The molecule has 15 N–H and O–H groups in total. The van der Waals surface area contributed by atoms with Gasteiger partial charge in [0.1, 0.15) is 42.0 Å². The first-order valence-corrected chi connectivity index (χ1v) is 19.0. The van der Waals surface area contributed by atoms with Crippen LogP contribution in [-0.2, 0) is 54.1 Å². The van der Waals surface area contributed by atoms with Crippen LogP contribution in [0.1, 0.15) is 59.4 Å². The summed E-state index contributed by atoms with van der Waals surface area (Å²) in [6.45, 7) is 6.35. The predicted molar refractivity (Wildman–Crippen MR) is 198 cm³/mol. The van der Waals surface area contributed by atoms with Gasteiger partial charge in [-0.3, -0.25) is 52.9 Å². The largest absolute Gasteiger partial charge is 0.524 e. The number of nitrogens with one attached hydrogen (secondary N) is 6. The monoisotopic (exact) mass is 829 g/mol. The second-order valence-corrected chi connectivity index (χ2v) is 14.8. The molecule has 0 aromatic heterocycles. The minimum atomic E-state index is -4.89. The number of hydrogen-bond acceptors (Lipinski definition) is 12. The molecule has 9 amide bonds. The van der Waals surface area contributed by atoms with Crippen molar-refractivity contribution in [1.82, 2.24) is 31.9 Å². The molecule has 1 aromatic rings. The summed E-state index contributed by atoms with van der Waals surface area (Å²) in [6, 6.07) is -3.81. The second-order valence-electron chi connectivity index (χ2n) is 13.6. The van der Waals surface area contributed by atoms with Crippen molar-refractivity contribution in [1.29, 1.82) is 0 Å². The van der Waals surface area contributed by atoms with Crippen LogP contribution >= 0.6 is 7.82 Å². The summed E-state index contributed by atoms with van der Waals surface area (Å²) in [6.07, 6.45) is -1.58. The van der Waals surface area contributed by atoms with Crippen molar-refractivity contribution in [3.8, 4) is 5.75 Å². The van der Waals surface area contributed by atoms with Crippen molar-refractivity contribution < 1.29 is 67.1 Å². The molecule has 6 atom stereocenters. The number of rotatable bonds is 24. The van der Waals surface area contributed by atoms with Crippen LogP contribution < -0.4 is 53.6 Å². The molecular formula is C33H52N9O14P. The molecule has 0 fully saturated rings. The van der Waals surface area contributed by atoms with Gasteiger partial charge < -0.3 is 58.7 Å². The number of phosphoric acid groups is 1. The number of amides is 9. The molecule has 318 valence electrons. The van der Waals surface area contributed by atoms with Crippen LogP contribution in [0.5, 0.6) is 5.75 Å². The average Bonchev–Trinajstić information content (AvgIpc) is 3.08. The highest BCUT2D eigenvalue weighted by molar-refractivity contribution is 7.46. The third kappa shape index (κ3) is 18.2. The summed E-state index contributed by atoms with van der Waals surface area (Å²) in [5.41, 5.74) is 16.1. The lowest BCUT2D eigenvalue weighted by molar-refractivity contribution is -0.137. The number of carbonyl (C=O) groups is 9. The summed E-state index contributed by atoms with van der Waals surface area (Å²) in [5.74, 6) is -9.91. The van der Waals surface area contributed by atoms with E-state index in [1.165, 1.54) is 52.0 Å². The van der Waals surface area contributed by atoms with E-state index in [-0.39, 0.29) is 25.0 Å². The lowest BCUT2D eigenvalue weighted by Gasteiger charge is -2.29. The third-order valence-corrected chi connectivity index (χ3v) is 8.42. The van der Waals surface area contributed by atoms with Crippen LogP contribution in [-0.4, -0.2) is 111 Å². The quantitative estimate of drug-likeness (QED) is 0.0438. The minimum absolute atomic E-state index is 0.218. The van der Waals surface area contributed by atoms with Gasteiger partial charge in [0, 0.05) is 19.8 Å². The number of phosphoric ester groups is 1. The smallest absolute Gasteiger partial charge is 0.404 e. The molecule has 0 spiro atoms. The summed E-state index contributed by atoms with van der Waals surface area (Å²) < 4.78 is 15.7. The van der Waals surface area contributed by atoms with Crippen LogP contribution in [0, 0.1) is 11.8 Å². The maximum absolute atomic E-state index is 13.8. The van der Waals surface area contributed by atoms with Gasteiger partial charge in [-0.15, -0.1) is 0 Å².